The number of carbonyl (C=O) groups excluding carboxylic acids is 1. The van der Waals surface area contributed by atoms with Crippen LogP contribution >= 0.6 is 11.3 Å². The molecular weight excluding hydrogens is 384 g/mol. The normalized spacial score (nSPS) is 17.1. The molecule has 0 spiro atoms. The smallest absolute Gasteiger partial charge is 0.254 e. The molecule has 8 heteroatoms. The van der Waals surface area contributed by atoms with Crippen LogP contribution in [0.25, 0.3) is 0 Å². The summed E-state index contributed by atoms with van der Waals surface area (Å²) in [5.41, 5.74) is 1.51. The summed E-state index contributed by atoms with van der Waals surface area (Å²) in [7, 11) is -2.37. The van der Waals surface area contributed by atoms with E-state index in [1.165, 1.54) is 29.7 Å². The number of benzene rings is 1. The molecule has 1 aromatic heterocycles. The Morgan fingerprint density at radius 1 is 1.33 bits per heavy atom. The standard InChI is InChI=1S/C19H24N2O4S2/c1-12(2)20-27(23,24)18-11-14(5-6-16(18)25-4)19(22)21-9-7-17-15(13(21)3)8-10-26-17/h5-6,8,10-13,20H,7,9H2,1-4H3/t13-/m1/s1. The maximum absolute atomic E-state index is 13.1. The Bertz CT molecular complexity index is 950. The van der Waals surface area contributed by atoms with E-state index in [9.17, 15) is 13.2 Å². The fourth-order valence-corrected chi connectivity index (χ4v) is 5.75. The molecule has 27 heavy (non-hydrogen) atoms. The molecule has 0 radical (unpaired) electrons. The number of nitrogens with zero attached hydrogens (tertiary/aromatic N) is 1. The van der Waals surface area contributed by atoms with Crippen molar-refractivity contribution in [2.75, 3.05) is 13.7 Å². The number of carbonyl (C=O) groups is 1. The fourth-order valence-electron chi connectivity index (χ4n) is 3.35. The number of ether oxygens (including phenoxy) is 1. The third kappa shape index (κ3) is 3.88. The second-order valence-electron chi connectivity index (χ2n) is 6.87. The van der Waals surface area contributed by atoms with Crippen LogP contribution in [0.5, 0.6) is 5.75 Å². The first kappa shape index (κ1) is 19.9. The van der Waals surface area contributed by atoms with Crippen LogP contribution in [0.4, 0.5) is 0 Å². The van der Waals surface area contributed by atoms with Gasteiger partial charge in [-0.3, -0.25) is 4.79 Å². The summed E-state index contributed by atoms with van der Waals surface area (Å²) in [6, 6.07) is 6.31. The van der Waals surface area contributed by atoms with Crippen molar-refractivity contribution in [1.82, 2.24) is 9.62 Å². The third-order valence-corrected chi connectivity index (χ3v) is 7.31. The minimum Gasteiger partial charge on any atom is -0.495 e. The molecule has 0 saturated carbocycles. The average molecular weight is 409 g/mol. The molecule has 1 aromatic carbocycles. The van der Waals surface area contributed by atoms with Crippen LogP contribution in [0.1, 0.15) is 47.6 Å². The fraction of sp³-hybridized carbons (Fsp3) is 0.421. The van der Waals surface area contributed by atoms with E-state index in [0.717, 1.165) is 6.42 Å². The molecule has 146 valence electrons. The molecule has 2 aromatic rings. The summed E-state index contributed by atoms with van der Waals surface area (Å²) in [6.45, 7) is 6.11. The third-order valence-electron chi connectivity index (χ3n) is 4.63. The molecular formula is C19H24N2O4S2. The Morgan fingerprint density at radius 2 is 2.07 bits per heavy atom. The molecule has 0 unspecified atom stereocenters. The maximum Gasteiger partial charge on any atom is 0.254 e. The van der Waals surface area contributed by atoms with Crippen LogP contribution in [0, 0.1) is 0 Å². The monoisotopic (exact) mass is 408 g/mol. The van der Waals surface area contributed by atoms with Gasteiger partial charge in [0.25, 0.3) is 5.91 Å². The van der Waals surface area contributed by atoms with E-state index in [1.54, 1.807) is 36.2 Å². The lowest BCUT2D eigenvalue weighted by molar-refractivity contribution is 0.0679. The van der Waals surface area contributed by atoms with Gasteiger partial charge in [0.1, 0.15) is 10.6 Å². The summed E-state index contributed by atoms with van der Waals surface area (Å²) in [6.07, 6.45) is 0.819. The summed E-state index contributed by atoms with van der Waals surface area (Å²) in [4.78, 5) is 16.2. The van der Waals surface area contributed by atoms with E-state index in [-0.39, 0.29) is 28.6 Å². The number of fused-ring (bicyclic) bond motifs is 1. The number of thiophene rings is 1. The van der Waals surface area contributed by atoms with Crippen LogP contribution < -0.4 is 9.46 Å². The van der Waals surface area contributed by atoms with E-state index >= 15 is 0 Å². The van der Waals surface area contributed by atoms with Gasteiger partial charge in [0.05, 0.1) is 13.2 Å². The number of methoxy groups -OCH3 is 1. The predicted octanol–water partition coefficient (Wildman–Crippen LogP) is 3.20. The van der Waals surface area contributed by atoms with Crippen LogP contribution in [0.2, 0.25) is 0 Å². The second kappa shape index (κ2) is 7.61. The highest BCUT2D eigenvalue weighted by atomic mass is 32.2. The van der Waals surface area contributed by atoms with Crippen molar-refractivity contribution >= 4 is 27.3 Å². The van der Waals surface area contributed by atoms with Crippen LogP contribution in [-0.4, -0.2) is 38.9 Å². The van der Waals surface area contributed by atoms with Crippen molar-refractivity contribution in [3.05, 3.63) is 45.6 Å². The predicted molar refractivity (Wildman–Crippen MR) is 106 cm³/mol. The highest BCUT2D eigenvalue weighted by Crippen LogP contribution is 2.34. The highest BCUT2D eigenvalue weighted by molar-refractivity contribution is 7.89. The van der Waals surface area contributed by atoms with Gasteiger partial charge in [-0.05, 0) is 62.4 Å². The van der Waals surface area contributed by atoms with Crippen molar-refractivity contribution in [2.24, 2.45) is 0 Å². The average Bonchev–Trinajstić information content (AvgIpc) is 3.09. The zero-order chi connectivity index (χ0) is 19.8. The van der Waals surface area contributed by atoms with Gasteiger partial charge in [0, 0.05) is 23.0 Å². The Morgan fingerprint density at radius 3 is 2.74 bits per heavy atom. The van der Waals surface area contributed by atoms with Crippen molar-refractivity contribution in [1.29, 1.82) is 0 Å². The SMILES string of the molecule is COc1ccc(C(=O)N2CCc3sccc3[C@H]2C)cc1S(=O)(=O)NC(C)C. The summed E-state index contributed by atoms with van der Waals surface area (Å²) >= 11 is 1.71. The van der Waals surface area contributed by atoms with Crippen LogP contribution in [0.15, 0.2) is 34.5 Å². The summed E-state index contributed by atoms with van der Waals surface area (Å²) < 4.78 is 33.1. The Labute approximate surface area is 164 Å². The number of hydrogen-bond acceptors (Lipinski definition) is 5. The van der Waals surface area contributed by atoms with Gasteiger partial charge in [0.2, 0.25) is 10.0 Å². The van der Waals surface area contributed by atoms with Gasteiger partial charge < -0.3 is 9.64 Å². The molecule has 1 atom stereocenters. The first-order valence-corrected chi connectivity index (χ1v) is 11.2. The first-order chi connectivity index (χ1) is 12.7. The van der Waals surface area contributed by atoms with Gasteiger partial charge in [-0.15, -0.1) is 11.3 Å². The van der Waals surface area contributed by atoms with Gasteiger partial charge in [-0.25, -0.2) is 13.1 Å². The molecule has 0 aliphatic carbocycles. The van der Waals surface area contributed by atoms with Crippen molar-refractivity contribution < 1.29 is 17.9 Å². The van der Waals surface area contributed by atoms with Crippen molar-refractivity contribution in [2.45, 2.75) is 44.2 Å². The topological polar surface area (TPSA) is 75.7 Å². The molecule has 3 rings (SSSR count). The van der Waals surface area contributed by atoms with E-state index in [4.69, 9.17) is 4.74 Å². The molecule has 0 bridgehead atoms. The molecule has 6 nitrogen and oxygen atoms in total. The van der Waals surface area contributed by atoms with Gasteiger partial charge in [0.15, 0.2) is 0 Å². The van der Waals surface area contributed by atoms with E-state index in [1.807, 2.05) is 12.3 Å². The molecule has 1 aliphatic rings. The first-order valence-electron chi connectivity index (χ1n) is 8.82. The lowest BCUT2D eigenvalue weighted by atomic mass is 10.0. The number of sulfonamides is 1. The van der Waals surface area contributed by atoms with Crippen molar-refractivity contribution in [3.8, 4) is 5.75 Å². The van der Waals surface area contributed by atoms with Crippen LogP contribution in [-0.2, 0) is 16.4 Å². The molecule has 1 aliphatic heterocycles. The zero-order valence-corrected chi connectivity index (χ0v) is 17.5. The minimum atomic E-state index is -3.79. The largest absolute Gasteiger partial charge is 0.495 e. The number of nitrogens with one attached hydrogen (secondary N) is 1. The highest BCUT2D eigenvalue weighted by Gasteiger charge is 2.30. The van der Waals surface area contributed by atoms with E-state index < -0.39 is 10.0 Å². The van der Waals surface area contributed by atoms with Gasteiger partial charge >= 0.3 is 0 Å². The number of amides is 1. The van der Waals surface area contributed by atoms with Gasteiger partial charge in [-0.2, -0.15) is 0 Å². The Hall–Kier alpha value is -1.90. The maximum atomic E-state index is 13.1. The van der Waals surface area contributed by atoms with E-state index in [2.05, 4.69) is 10.8 Å². The summed E-state index contributed by atoms with van der Waals surface area (Å²) in [5.74, 6) is 0.0366. The second-order valence-corrected chi connectivity index (χ2v) is 9.55. The lowest BCUT2D eigenvalue weighted by Gasteiger charge is -2.33. The zero-order valence-electron chi connectivity index (χ0n) is 15.9. The van der Waals surface area contributed by atoms with Crippen molar-refractivity contribution in [3.63, 3.8) is 0 Å². The molecule has 0 fully saturated rings. The van der Waals surface area contributed by atoms with E-state index in [0.29, 0.717) is 12.1 Å². The Balaban J connectivity index is 1.96. The molecule has 2 heterocycles. The molecule has 1 amide bonds. The number of rotatable bonds is 5. The Kier molecular flexibility index (Phi) is 5.60. The van der Waals surface area contributed by atoms with Gasteiger partial charge in [-0.1, -0.05) is 0 Å². The summed E-state index contributed by atoms with van der Waals surface area (Å²) in [5, 5.41) is 2.05. The lowest BCUT2D eigenvalue weighted by Crippen LogP contribution is -2.38. The minimum absolute atomic E-state index is 0.0227. The number of hydrogen-bond donors (Lipinski definition) is 1. The van der Waals surface area contributed by atoms with Crippen LogP contribution in [0.3, 0.4) is 0 Å². The quantitative estimate of drug-likeness (QED) is 0.824. The molecule has 1 N–H and O–H groups in total. The molecule has 0 saturated heterocycles.